The summed E-state index contributed by atoms with van der Waals surface area (Å²) in [4.78, 5) is 13.3. The van der Waals surface area contributed by atoms with E-state index < -0.39 is 0 Å². The molecule has 22 heavy (non-hydrogen) atoms. The third-order valence-electron chi connectivity index (χ3n) is 3.34. The summed E-state index contributed by atoms with van der Waals surface area (Å²) in [6.45, 7) is 0. The van der Waals surface area contributed by atoms with Gasteiger partial charge in [0.05, 0.1) is 0 Å². The standard InChI is InChI=1S/C19H15NOS/c20-17-10-8-15(9-11-17)18(21)12-5-14-3-6-16(7-4-14)19-2-1-13-22-19/h1-13H,20H2. The Morgan fingerprint density at radius 2 is 1.68 bits per heavy atom. The summed E-state index contributed by atoms with van der Waals surface area (Å²) >= 11 is 1.72. The molecular weight excluding hydrogens is 290 g/mol. The molecule has 0 fully saturated rings. The minimum absolute atomic E-state index is 0.0256. The van der Waals surface area contributed by atoms with Crippen molar-refractivity contribution in [1.82, 2.24) is 0 Å². The van der Waals surface area contributed by atoms with E-state index in [1.54, 1.807) is 41.7 Å². The summed E-state index contributed by atoms with van der Waals surface area (Å²) in [5.74, 6) is -0.0256. The Labute approximate surface area is 133 Å². The van der Waals surface area contributed by atoms with Crippen molar-refractivity contribution >= 4 is 28.9 Å². The highest BCUT2D eigenvalue weighted by Crippen LogP contribution is 2.24. The molecule has 0 amide bonds. The average molecular weight is 305 g/mol. The molecule has 3 aromatic rings. The van der Waals surface area contributed by atoms with Gasteiger partial charge in [0.2, 0.25) is 0 Å². The Morgan fingerprint density at radius 1 is 0.955 bits per heavy atom. The molecule has 3 rings (SSSR count). The number of nitrogens with two attached hydrogens (primary N) is 1. The van der Waals surface area contributed by atoms with Crippen molar-refractivity contribution in [3.63, 3.8) is 0 Å². The van der Waals surface area contributed by atoms with Crippen molar-refractivity contribution in [2.24, 2.45) is 0 Å². The highest BCUT2D eigenvalue weighted by Gasteiger charge is 2.01. The first-order chi connectivity index (χ1) is 10.7. The molecule has 0 radical (unpaired) electrons. The summed E-state index contributed by atoms with van der Waals surface area (Å²) in [7, 11) is 0. The van der Waals surface area contributed by atoms with Crippen LogP contribution >= 0.6 is 11.3 Å². The van der Waals surface area contributed by atoms with Crippen LogP contribution in [0.2, 0.25) is 0 Å². The molecule has 0 aliphatic carbocycles. The van der Waals surface area contributed by atoms with Crippen molar-refractivity contribution in [2.45, 2.75) is 0 Å². The van der Waals surface area contributed by atoms with Gasteiger partial charge in [-0.3, -0.25) is 4.79 Å². The highest BCUT2D eigenvalue weighted by atomic mass is 32.1. The first kappa shape index (κ1) is 14.3. The predicted octanol–water partition coefficient (Wildman–Crippen LogP) is 4.89. The lowest BCUT2D eigenvalue weighted by Crippen LogP contribution is -1.94. The third kappa shape index (κ3) is 3.32. The van der Waals surface area contributed by atoms with Gasteiger partial charge in [-0.05, 0) is 52.9 Å². The van der Waals surface area contributed by atoms with E-state index in [1.165, 1.54) is 10.4 Å². The summed E-state index contributed by atoms with van der Waals surface area (Å²) in [6, 6.07) is 19.2. The fourth-order valence-electron chi connectivity index (χ4n) is 2.12. The van der Waals surface area contributed by atoms with Gasteiger partial charge in [0, 0.05) is 16.1 Å². The van der Waals surface area contributed by atoms with E-state index in [0.717, 1.165) is 5.56 Å². The van der Waals surface area contributed by atoms with E-state index >= 15 is 0 Å². The minimum Gasteiger partial charge on any atom is -0.399 e. The lowest BCUT2D eigenvalue weighted by molar-refractivity contribution is 0.104. The Morgan fingerprint density at radius 3 is 2.32 bits per heavy atom. The molecule has 3 heteroatoms. The van der Waals surface area contributed by atoms with E-state index in [9.17, 15) is 4.79 Å². The zero-order chi connectivity index (χ0) is 15.4. The van der Waals surface area contributed by atoms with Gasteiger partial charge in [0.15, 0.2) is 5.78 Å². The van der Waals surface area contributed by atoms with Gasteiger partial charge < -0.3 is 5.73 Å². The average Bonchev–Trinajstić information content (AvgIpc) is 3.08. The van der Waals surface area contributed by atoms with Crippen molar-refractivity contribution in [3.05, 3.63) is 83.2 Å². The predicted molar refractivity (Wildman–Crippen MR) is 94.0 cm³/mol. The zero-order valence-electron chi connectivity index (χ0n) is 11.9. The number of carbonyl (C=O) groups is 1. The molecule has 2 nitrogen and oxygen atoms in total. The molecule has 0 saturated heterocycles. The Balaban J connectivity index is 1.72. The number of anilines is 1. The summed E-state index contributed by atoms with van der Waals surface area (Å²) < 4.78 is 0. The topological polar surface area (TPSA) is 43.1 Å². The number of rotatable bonds is 4. The van der Waals surface area contributed by atoms with Crippen molar-refractivity contribution in [3.8, 4) is 10.4 Å². The first-order valence-corrected chi connectivity index (χ1v) is 7.82. The summed E-state index contributed by atoms with van der Waals surface area (Å²) in [6.07, 6.45) is 3.42. The number of nitrogen functional groups attached to an aromatic ring is 1. The maximum atomic E-state index is 12.1. The maximum absolute atomic E-state index is 12.1. The molecule has 1 aromatic heterocycles. The van der Waals surface area contributed by atoms with E-state index in [1.807, 2.05) is 24.3 Å². The highest BCUT2D eigenvalue weighted by molar-refractivity contribution is 7.13. The number of carbonyl (C=O) groups excluding carboxylic acids is 1. The van der Waals surface area contributed by atoms with Crippen LogP contribution < -0.4 is 5.73 Å². The van der Waals surface area contributed by atoms with Crippen LogP contribution in [0.25, 0.3) is 16.5 Å². The van der Waals surface area contributed by atoms with Crippen LogP contribution in [0.1, 0.15) is 15.9 Å². The first-order valence-electron chi connectivity index (χ1n) is 6.94. The molecule has 2 aromatic carbocycles. The number of ketones is 1. The molecule has 0 atom stereocenters. The SMILES string of the molecule is Nc1ccc(C(=O)C=Cc2ccc(-c3cccs3)cc2)cc1. The number of benzene rings is 2. The van der Waals surface area contributed by atoms with Gasteiger partial charge >= 0.3 is 0 Å². The Hall–Kier alpha value is -2.65. The molecular formula is C19H15NOS. The van der Waals surface area contributed by atoms with Gasteiger partial charge in [0.1, 0.15) is 0 Å². The van der Waals surface area contributed by atoms with Crippen LogP contribution in [0, 0.1) is 0 Å². The van der Waals surface area contributed by atoms with Gasteiger partial charge in [-0.2, -0.15) is 0 Å². The number of allylic oxidation sites excluding steroid dienone is 1. The lowest BCUT2D eigenvalue weighted by atomic mass is 10.1. The molecule has 0 aliphatic heterocycles. The summed E-state index contributed by atoms with van der Waals surface area (Å²) in [5, 5.41) is 2.06. The molecule has 2 N–H and O–H groups in total. The van der Waals surface area contributed by atoms with E-state index in [2.05, 4.69) is 23.6 Å². The van der Waals surface area contributed by atoms with Gasteiger partial charge in [-0.15, -0.1) is 11.3 Å². The van der Waals surface area contributed by atoms with Crippen LogP contribution in [0.5, 0.6) is 0 Å². The molecule has 0 bridgehead atoms. The fourth-order valence-corrected chi connectivity index (χ4v) is 2.85. The second kappa shape index (κ2) is 6.41. The van der Waals surface area contributed by atoms with Gasteiger partial charge in [-0.25, -0.2) is 0 Å². The van der Waals surface area contributed by atoms with Crippen molar-refractivity contribution in [1.29, 1.82) is 0 Å². The van der Waals surface area contributed by atoms with Crippen LogP contribution in [-0.4, -0.2) is 5.78 Å². The van der Waals surface area contributed by atoms with Crippen LogP contribution in [-0.2, 0) is 0 Å². The smallest absolute Gasteiger partial charge is 0.185 e. The van der Waals surface area contributed by atoms with E-state index in [4.69, 9.17) is 5.73 Å². The van der Waals surface area contributed by atoms with Crippen LogP contribution in [0.3, 0.4) is 0 Å². The van der Waals surface area contributed by atoms with E-state index in [0.29, 0.717) is 11.3 Å². The zero-order valence-corrected chi connectivity index (χ0v) is 12.7. The third-order valence-corrected chi connectivity index (χ3v) is 4.26. The minimum atomic E-state index is -0.0256. The van der Waals surface area contributed by atoms with E-state index in [-0.39, 0.29) is 5.78 Å². The number of hydrogen-bond acceptors (Lipinski definition) is 3. The van der Waals surface area contributed by atoms with Gasteiger partial charge in [0.25, 0.3) is 0 Å². The monoisotopic (exact) mass is 305 g/mol. The molecule has 0 saturated carbocycles. The number of thiophene rings is 1. The van der Waals surface area contributed by atoms with Gasteiger partial charge in [-0.1, -0.05) is 36.4 Å². The van der Waals surface area contributed by atoms with Crippen molar-refractivity contribution in [2.75, 3.05) is 5.73 Å². The second-order valence-corrected chi connectivity index (χ2v) is 5.87. The molecule has 108 valence electrons. The maximum Gasteiger partial charge on any atom is 0.185 e. The second-order valence-electron chi connectivity index (χ2n) is 4.92. The van der Waals surface area contributed by atoms with Crippen LogP contribution in [0.15, 0.2) is 72.1 Å². The molecule has 0 unspecified atom stereocenters. The normalized spacial score (nSPS) is 10.9. The molecule has 1 heterocycles. The van der Waals surface area contributed by atoms with Crippen LogP contribution in [0.4, 0.5) is 5.69 Å². The summed E-state index contributed by atoms with van der Waals surface area (Å²) in [5.41, 5.74) is 9.11. The fraction of sp³-hybridized carbons (Fsp3) is 0. The van der Waals surface area contributed by atoms with Crippen molar-refractivity contribution < 1.29 is 4.79 Å². The Bertz CT molecular complexity index is 784. The lowest BCUT2D eigenvalue weighted by Gasteiger charge is -1.99. The molecule has 0 spiro atoms. The molecule has 0 aliphatic rings. The largest absolute Gasteiger partial charge is 0.399 e. The quantitative estimate of drug-likeness (QED) is 0.423. The Kier molecular flexibility index (Phi) is 4.17. The number of hydrogen-bond donors (Lipinski definition) is 1.